The minimum atomic E-state index is -1.71. The standard InChI is InChI=1S/C29H39N3O4/c1-19-14-16-21(17-15-19)30-26(33)23-13-8-18-29(36)24(23)28(35)32(22-11-6-3-7-12-22)25(29)27(34)31-20-9-4-2-5-10-20/h8,14-18,20,22-25,36H,2-7,9-13H2,1H3,(H,30,33)(H,31,34). The summed E-state index contributed by atoms with van der Waals surface area (Å²) in [4.78, 5) is 42.9. The van der Waals surface area contributed by atoms with E-state index >= 15 is 0 Å². The van der Waals surface area contributed by atoms with Crippen molar-refractivity contribution >= 4 is 23.4 Å². The minimum absolute atomic E-state index is 0.0745. The zero-order chi connectivity index (χ0) is 25.3. The Hall–Kier alpha value is -2.67. The number of carbonyl (C=O) groups is 3. The van der Waals surface area contributed by atoms with Gasteiger partial charge < -0.3 is 20.6 Å². The Kier molecular flexibility index (Phi) is 7.20. The maximum Gasteiger partial charge on any atom is 0.246 e. The van der Waals surface area contributed by atoms with Gasteiger partial charge in [0.2, 0.25) is 17.7 Å². The van der Waals surface area contributed by atoms with Crippen molar-refractivity contribution in [2.75, 3.05) is 5.32 Å². The van der Waals surface area contributed by atoms with Gasteiger partial charge in [0.1, 0.15) is 11.6 Å². The summed E-state index contributed by atoms with van der Waals surface area (Å²) in [6.45, 7) is 1.98. The van der Waals surface area contributed by atoms with Crippen molar-refractivity contribution in [3.05, 3.63) is 42.0 Å². The highest BCUT2D eigenvalue weighted by Gasteiger charge is 2.65. The van der Waals surface area contributed by atoms with Crippen molar-refractivity contribution < 1.29 is 19.5 Å². The number of nitrogens with one attached hydrogen (secondary N) is 2. The Morgan fingerprint density at radius 1 is 0.944 bits per heavy atom. The molecule has 0 spiro atoms. The summed E-state index contributed by atoms with van der Waals surface area (Å²) < 4.78 is 0. The van der Waals surface area contributed by atoms with Gasteiger partial charge in [0, 0.05) is 17.8 Å². The molecule has 3 aliphatic carbocycles. The summed E-state index contributed by atoms with van der Waals surface area (Å²) >= 11 is 0. The minimum Gasteiger partial charge on any atom is -0.382 e. The van der Waals surface area contributed by atoms with E-state index in [9.17, 15) is 19.5 Å². The first-order valence-electron chi connectivity index (χ1n) is 13.8. The van der Waals surface area contributed by atoms with Crippen molar-refractivity contribution in [3.8, 4) is 0 Å². The molecule has 36 heavy (non-hydrogen) atoms. The number of likely N-dealkylation sites (tertiary alicyclic amines) is 1. The van der Waals surface area contributed by atoms with Crippen LogP contribution in [0.1, 0.15) is 76.2 Å². The monoisotopic (exact) mass is 493 g/mol. The second-order valence-electron chi connectivity index (χ2n) is 11.2. The van der Waals surface area contributed by atoms with Gasteiger partial charge in [-0.1, -0.05) is 68.4 Å². The van der Waals surface area contributed by atoms with Gasteiger partial charge in [-0.2, -0.15) is 0 Å². The number of benzene rings is 1. The lowest BCUT2D eigenvalue weighted by Crippen LogP contribution is -2.59. The molecule has 1 aromatic rings. The van der Waals surface area contributed by atoms with Crippen LogP contribution in [0, 0.1) is 18.8 Å². The van der Waals surface area contributed by atoms with Gasteiger partial charge in [-0.3, -0.25) is 14.4 Å². The van der Waals surface area contributed by atoms with Crippen LogP contribution in [0.25, 0.3) is 0 Å². The fraction of sp³-hybridized carbons (Fsp3) is 0.621. The van der Waals surface area contributed by atoms with E-state index in [0.29, 0.717) is 12.1 Å². The van der Waals surface area contributed by atoms with Crippen molar-refractivity contribution in [1.29, 1.82) is 0 Å². The largest absolute Gasteiger partial charge is 0.382 e. The van der Waals surface area contributed by atoms with Crippen LogP contribution in [0.2, 0.25) is 0 Å². The molecular weight excluding hydrogens is 454 g/mol. The number of aliphatic hydroxyl groups is 1. The lowest BCUT2D eigenvalue weighted by molar-refractivity contribution is -0.142. The predicted octanol–water partition coefficient (Wildman–Crippen LogP) is 3.85. The Bertz CT molecular complexity index is 1010. The third-order valence-corrected chi connectivity index (χ3v) is 8.74. The molecule has 4 aliphatic rings. The molecule has 2 saturated carbocycles. The first-order chi connectivity index (χ1) is 17.4. The second kappa shape index (κ2) is 10.4. The van der Waals surface area contributed by atoms with Crippen LogP contribution in [0.15, 0.2) is 36.4 Å². The fourth-order valence-corrected chi connectivity index (χ4v) is 6.85. The summed E-state index contributed by atoms with van der Waals surface area (Å²) in [5, 5.41) is 18.2. The smallest absolute Gasteiger partial charge is 0.246 e. The van der Waals surface area contributed by atoms with E-state index in [2.05, 4.69) is 10.6 Å². The third kappa shape index (κ3) is 4.70. The Labute approximate surface area is 213 Å². The van der Waals surface area contributed by atoms with Crippen LogP contribution < -0.4 is 10.6 Å². The maximum absolute atomic E-state index is 14.0. The van der Waals surface area contributed by atoms with Gasteiger partial charge in [-0.05, 0) is 51.2 Å². The van der Waals surface area contributed by atoms with E-state index in [0.717, 1.165) is 63.4 Å². The van der Waals surface area contributed by atoms with Crippen LogP contribution >= 0.6 is 0 Å². The van der Waals surface area contributed by atoms with Crippen LogP contribution in [0.3, 0.4) is 0 Å². The number of rotatable bonds is 5. The molecule has 3 N–H and O–H groups in total. The zero-order valence-electron chi connectivity index (χ0n) is 21.2. The van der Waals surface area contributed by atoms with Gasteiger partial charge in [0.05, 0.1) is 11.8 Å². The van der Waals surface area contributed by atoms with Crippen LogP contribution in [0.5, 0.6) is 0 Å². The zero-order valence-corrected chi connectivity index (χ0v) is 21.2. The van der Waals surface area contributed by atoms with E-state index in [1.165, 1.54) is 6.42 Å². The second-order valence-corrected chi connectivity index (χ2v) is 11.2. The predicted molar refractivity (Wildman–Crippen MR) is 138 cm³/mol. The van der Waals surface area contributed by atoms with Crippen LogP contribution in [-0.4, -0.2) is 51.5 Å². The summed E-state index contributed by atoms with van der Waals surface area (Å²) in [5.74, 6) is -2.56. The van der Waals surface area contributed by atoms with Crippen molar-refractivity contribution in [1.82, 2.24) is 10.2 Å². The molecule has 7 heteroatoms. The summed E-state index contributed by atoms with van der Waals surface area (Å²) in [7, 11) is 0. The summed E-state index contributed by atoms with van der Waals surface area (Å²) in [6, 6.07) is 6.49. The van der Waals surface area contributed by atoms with Crippen LogP contribution in [-0.2, 0) is 14.4 Å². The van der Waals surface area contributed by atoms with E-state index in [1.54, 1.807) is 17.1 Å². The number of hydrogen-bond donors (Lipinski definition) is 3. The molecule has 1 aromatic carbocycles. The maximum atomic E-state index is 14.0. The van der Waals surface area contributed by atoms with Gasteiger partial charge in [0.15, 0.2) is 0 Å². The average Bonchev–Trinajstić information content (AvgIpc) is 3.13. The van der Waals surface area contributed by atoms with E-state index in [-0.39, 0.29) is 29.8 Å². The van der Waals surface area contributed by atoms with E-state index in [4.69, 9.17) is 0 Å². The molecule has 4 unspecified atom stereocenters. The number of amides is 3. The third-order valence-electron chi connectivity index (χ3n) is 8.74. The Morgan fingerprint density at radius 2 is 1.58 bits per heavy atom. The lowest BCUT2D eigenvalue weighted by Gasteiger charge is -2.40. The first-order valence-corrected chi connectivity index (χ1v) is 13.8. The highest BCUT2D eigenvalue weighted by atomic mass is 16.3. The van der Waals surface area contributed by atoms with Crippen molar-refractivity contribution in [2.45, 2.75) is 101 Å². The summed E-state index contributed by atoms with van der Waals surface area (Å²) in [6.07, 6.45) is 13.7. The lowest BCUT2D eigenvalue weighted by atomic mass is 9.71. The van der Waals surface area contributed by atoms with Gasteiger partial charge in [-0.15, -0.1) is 0 Å². The molecule has 4 atom stereocenters. The van der Waals surface area contributed by atoms with E-state index in [1.807, 2.05) is 31.2 Å². The van der Waals surface area contributed by atoms with Gasteiger partial charge >= 0.3 is 0 Å². The average molecular weight is 494 g/mol. The molecule has 0 bridgehead atoms. The van der Waals surface area contributed by atoms with Crippen molar-refractivity contribution in [3.63, 3.8) is 0 Å². The number of nitrogens with zero attached hydrogens (tertiary/aromatic N) is 1. The number of anilines is 1. The molecule has 1 heterocycles. The molecule has 0 aromatic heterocycles. The van der Waals surface area contributed by atoms with E-state index < -0.39 is 23.5 Å². The number of fused-ring (bicyclic) bond motifs is 1. The number of carbonyl (C=O) groups excluding carboxylic acids is 3. The molecule has 5 rings (SSSR count). The normalized spacial score (nSPS) is 31.2. The number of allylic oxidation sites excluding steroid dienone is 1. The topological polar surface area (TPSA) is 98.7 Å². The van der Waals surface area contributed by atoms with Gasteiger partial charge in [0.25, 0.3) is 0 Å². The Morgan fingerprint density at radius 3 is 2.25 bits per heavy atom. The molecule has 7 nitrogen and oxygen atoms in total. The SMILES string of the molecule is Cc1ccc(NC(=O)C2CC=CC3(O)C2C(=O)N(C2CCCCC2)C3C(=O)NC2CCCCC2)cc1. The number of hydrogen-bond acceptors (Lipinski definition) is 4. The highest BCUT2D eigenvalue weighted by molar-refractivity contribution is 6.01. The quantitative estimate of drug-likeness (QED) is 0.543. The van der Waals surface area contributed by atoms with Crippen molar-refractivity contribution in [2.24, 2.45) is 11.8 Å². The molecule has 194 valence electrons. The Balaban J connectivity index is 1.44. The van der Waals surface area contributed by atoms with Crippen LogP contribution in [0.4, 0.5) is 5.69 Å². The molecule has 3 fully saturated rings. The molecule has 1 aliphatic heterocycles. The molecule has 3 amide bonds. The highest BCUT2D eigenvalue weighted by Crippen LogP contribution is 2.47. The number of aryl methyl sites for hydroxylation is 1. The molecule has 0 radical (unpaired) electrons. The fourth-order valence-electron chi connectivity index (χ4n) is 6.85. The first kappa shape index (κ1) is 25.0. The molecular formula is C29H39N3O4. The summed E-state index contributed by atoms with van der Waals surface area (Å²) in [5.41, 5.74) is 0.0367. The molecule has 1 saturated heterocycles. The van der Waals surface area contributed by atoms with Gasteiger partial charge in [-0.25, -0.2) is 0 Å².